The van der Waals surface area contributed by atoms with Gasteiger partial charge in [-0.25, -0.2) is 0 Å². The average molecular weight is 409 g/mol. The summed E-state index contributed by atoms with van der Waals surface area (Å²) in [5.74, 6) is 0.148. The molecule has 1 N–H and O–H groups in total. The molecule has 2 heteroatoms. The van der Waals surface area contributed by atoms with Crippen LogP contribution >= 0.6 is 0 Å². The molecule has 5 rings (SSSR count). The molecule has 0 radical (unpaired) electrons. The second-order valence-electron chi connectivity index (χ2n) is 9.68. The third kappa shape index (κ3) is 3.21. The summed E-state index contributed by atoms with van der Waals surface area (Å²) in [7, 11) is -1.43. The van der Waals surface area contributed by atoms with E-state index in [0.717, 1.165) is 11.6 Å². The average Bonchev–Trinajstić information content (AvgIpc) is 3.06. The summed E-state index contributed by atoms with van der Waals surface area (Å²) in [4.78, 5) is 0. The number of benzene rings is 4. The Hall–Kier alpha value is -2.68. The predicted molar refractivity (Wildman–Crippen MR) is 130 cm³/mol. The van der Waals surface area contributed by atoms with Crippen molar-refractivity contribution >= 4 is 18.8 Å². The van der Waals surface area contributed by atoms with E-state index in [1.54, 1.807) is 0 Å². The molecule has 0 fully saturated rings. The molecule has 0 aliphatic heterocycles. The Balaban J connectivity index is 1.81. The molecule has 150 valence electrons. The highest BCUT2D eigenvalue weighted by Gasteiger charge is 2.33. The number of rotatable bonds is 4. The van der Waals surface area contributed by atoms with Gasteiger partial charge in [0, 0.05) is 14.0 Å². The summed E-state index contributed by atoms with van der Waals surface area (Å²) in [5.41, 5.74) is 7.69. The van der Waals surface area contributed by atoms with E-state index in [9.17, 15) is 5.11 Å². The zero-order chi connectivity index (χ0) is 20.9. The Bertz CT molecular complexity index is 1190. The first kappa shape index (κ1) is 19.3. The molecular weight excluding hydrogens is 380 g/mol. The molecule has 0 bridgehead atoms. The fourth-order valence-corrected chi connectivity index (χ4v) is 6.46. The summed E-state index contributed by atoms with van der Waals surface area (Å²) in [6.45, 7) is 6.99. The zero-order valence-electron chi connectivity index (χ0n) is 17.9. The van der Waals surface area contributed by atoms with E-state index < -0.39 is 14.2 Å². The SMILES string of the molecule is C[Si](C)(C)CC(O)c1ccc2ccccc2c1C1c2ccccc2-c2ccccc21. The molecule has 1 nitrogen and oxygen atoms in total. The fraction of sp³-hybridized carbons (Fsp3) is 0.214. The van der Waals surface area contributed by atoms with Gasteiger partial charge in [0.1, 0.15) is 0 Å². The second-order valence-corrected chi connectivity index (χ2v) is 15.2. The predicted octanol–water partition coefficient (Wildman–Crippen LogP) is 7.37. The van der Waals surface area contributed by atoms with E-state index in [1.807, 2.05) is 0 Å². The molecule has 0 amide bonds. The first-order chi connectivity index (χ1) is 14.4. The maximum absolute atomic E-state index is 11.4. The first-order valence-corrected chi connectivity index (χ1v) is 14.5. The normalized spacial score (nSPS) is 14.5. The summed E-state index contributed by atoms with van der Waals surface area (Å²) < 4.78 is 0. The molecule has 0 spiro atoms. The monoisotopic (exact) mass is 408 g/mol. The second kappa shape index (κ2) is 7.23. The Morgan fingerprint density at radius 2 is 1.30 bits per heavy atom. The lowest BCUT2D eigenvalue weighted by molar-refractivity contribution is 0.196. The minimum atomic E-state index is -1.43. The van der Waals surface area contributed by atoms with Gasteiger partial charge in [-0.15, -0.1) is 0 Å². The third-order valence-corrected chi connectivity index (χ3v) is 7.90. The maximum atomic E-state index is 11.4. The molecule has 4 aromatic rings. The molecule has 30 heavy (non-hydrogen) atoms. The minimum absolute atomic E-state index is 0.148. The van der Waals surface area contributed by atoms with E-state index in [0.29, 0.717) is 0 Å². The number of hydrogen-bond donors (Lipinski definition) is 1. The molecule has 0 saturated carbocycles. The smallest absolute Gasteiger partial charge is 0.0769 e. The molecule has 0 aromatic heterocycles. The van der Waals surface area contributed by atoms with Crippen molar-refractivity contribution in [3.63, 3.8) is 0 Å². The van der Waals surface area contributed by atoms with Crippen LogP contribution < -0.4 is 0 Å². The zero-order valence-corrected chi connectivity index (χ0v) is 18.9. The van der Waals surface area contributed by atoms with Crippen molar-refractivity contribution in [3.05, 3.63) is 107 Å². The van der Waals surface area contributed by atoms with Crippen LogP contribution in [0, 0.1) is 0 Å². The number of hydrogen-bond acceptors (Lipinski definition) is 1. The van der Waals surface area contributed by atoms with Crippen molar-refractivity contribution in [2.24, 2.45) is 0 Å². The summed E-state index contributed by atoms with van der Waals surface area (Å²) >= 11 is 0. The van der Waals surface area contributed by atoms with Gasteiger partial charge in [0.05, 0.1) is 6.10 Å². The summed E-state index contributed by atoms with van der Waals surface area (Å²) in [6.07, 6.45) is -0.434. The van der Waals surface area contributed by atoms with E-state index in [2.05, 4.69) is 105 Å². The fourth-order valence-electron chi connectivity index (χ4n) is 5.08. The standard InChI is InChI=1S/C28H28OSi/c1-30(2,3)18-26(29)25-17-16-19-10-4-5-11-20(19)27(25)28-23-14-8-6-12-21(23)22-13-7-9-15-24(22)28/h4-17,26,28-29H,18H2,1-3H3. The first-order valence-electron chi connectivity index (χ1n) is 10.8. The highest BCUT2D eigenvalue weighted by molar-refractivity contribution is 6.76. The molecule has 1 unspecified atom stereocenters. The van der Waals surface area contributed by atoms with Gasteiger partial charge in [-0.05, 0) is 50.2 Å². The quantitative estimate of drug-likeness (QED) is 0.308. The van der Waals surface area contributed by atoms with Crippen molar-refractivity contribution < 1.29 is 5.11 Å². The van der Waals surface area contributed by atoms with Crippen LogP contribution in [0.3, 0.4) is 0 Å². The van der Waals surface area contributed by atoms with Crippen LogP contribution in [-0.4, -0.2) is 13.2 Å². The van der Waals surface area contributed by atoms with Crippen LogP contribution in [0.1, 0.15) is 34.3 Å². The molecule has 0 heterocycles. The van der Waals surface area contributed by atoms with Crippen LogP contribution in [0.2, 0.25) is 25.7 Å². The van der Waals surface area contributed by atoms with Gasteiger partial charge in [-0.2, -0.15) is 0 Å². The molecular formula is C28H28OSi. The molecule has 0 saturated heterocycles. The van der Waals surface area contributed by atoms with Crippen molar-refractivity contribution in [3.8, 4) is 11.1 Å². The maximum Gasteiger partial charge on any atom is 0.0769 e. The van der Waals surface area contributed by atoms with Crippen molar-refractivity contribution in [1.29, 1.82) is 0 Å². The molecule has 4 aromatic carbocycles. The van der Waals surface area contributed by atoms with E-state index in [-0.39, 0.29) is 5.92 Å². The van der Waals surface area contributed by atoms with Gasteiger partial charge in [0.25, 0.3) is 0 Å². The van der Waals surface area contributed by atoms with Crippen molar-refractivity contribution in [1.82, 2.24) is 0 Å². The van der Waals surface area contributed by atoms with Crippen LogP contribution in [0.5, 0.6) is 0 Å². The van der Waals surface area contributed by atoms with Gasteiger partial charge in [0.15, 0.2) is 0 Å². The summed E-state index contributed by atoms with van der Waals surface area (Å²) in [5, 5.41) is 13.9. The van der Waals surface area contributed by atoms with Crippen LogP contribution in [0.4, 0.5) is 0 Å². The molecule has 1 atom stereocenters. The lowest BCUT2D eigenvalue weighted by Gasteiger charge is -2.27. The van der Waals surface area contributed by atoms with Gasteiger partial charge in [-0.1, -0.05) is 105 Å². The minimum Gasteiger partial charge on any atom is -0.389 e. The van der Waals surface area contributed by atoms with Crippen LogP contribution in [0.25, 0.3) is 21.9 Å². The van der Waals surface area contributed by atoms with Crippen molar-refractivity contribution in [2.75, 3.05) is 0 Å². The van der Waals surface area contributed by atoms with Crippen LogP contribution in [0.15, 0.2) is 84.9 Å². The summed E-state index contributed by atoms with van der Waals surface area (Å²) in [6, 6.07) is 31.4. The van der Waals surface area contributed by atoms with E-state index in [4.69, 9.17) is 0 Å². The van der Waals surface area contributed by atoms with Gasteiger partial charge < -0.3 is 5.11 Å². The largest absolute Gasteiger partial charge is 0.389 e. The Morgan fingerprint density at radius 3 is 1.93 bits per heavy atom. The molecule has 1 aliphatic carbocycles. The van der Waals surface area contributed by atoms with Crippen molar-refractivity contribution in [2.45, 2.75) is 37.7 Å². The lowest BCUT2D eigenvalue weighted by Crippen LogP contribution is -2.23. The number of fused-ring (bicyclic) bond motifs is 4. The topological polar surface area (TPSA) is 20.2 Å². The Labute approximate surface area is 180 Å². The highest BCUT2D eigenvalue weighted by atomic mass is 28.3. The van der Waals surface area contributed by atoms with E-state index >= 15 is 0 Å². The van der Waals surface area contributed by atoms with E-state index in [1.165, 1.54) is 38.6 Å². The number of aliphatic hydroxyl groups excluding tert-OH is 1. The van der Waals surface area contributed by atoms with Gasteiger partial charge in [-0.3, -0.25) is 0 Å². The molecule has 1 aliphatic rings. The number of aliphatic hydroxyl groups is 1. The third-order valence-electron chi connectivity index (χ3n) is 6.29. The van der Waals surface area contributed by atoms with Gasteiger partial charge in [0.2, 0.25) is 0 Å². The Kier molecular flexibility index (Phi) is 4.65. The van der Waals surface area contributed by atoms with Crippen LogP contribution in [-0.2, 0) is 0 Å². The highest BCUT2D eigenvalue weighted by Crippen LogP contribution is 2.51. The lowest BCUT2D eigenvalue weighted by atomic mass is 9.82. The van der Waals surface area contributed by atoms with Gasteiger partial charge >= 0.3 is 0 Å². The Morgan fingerprint density at radius 1 is 0.733 bits per heavy atom.